The molecule has 0 radical (unpaired) electrons. The van der Waals surface area contributed by atoms with Crippen molar-refractivity contribution < 1.29 is 42.2 Å². The van der Waals surface area contributed by atoms with Crippen LogP contribution in [0.15, 0.2) is 51.6 Å². The Labute approximate surface area is 224 Å². The van der Waals surface area contributed by atoms with E-state index in [0.29, 0.717) is 46.6 Å². The summed E-state index contributed by atoms with van der Waals surface area (Å²) in [6.45, 7) is 5.68. The van der Waals surface area contributed by atoms with Crippen LogP contribution >= 0.6 is 0 Å². The van der Waals surface area contributed by atoms with Gasteiger partial charge in [-0.3, -0.25) is 0 Å². The lowest BCUT2D eigenvalue weighted by Gasteiger charge is -2.12. The molecular weight excluding hydrogens is 510 g/mol. The number of oxazole rings is 1. The van der Waals surface area contributed by atoms with E-state index in [4.69, 9.17) is 32.6 Å². The molecule has 0 amide bonds. The number of carbonyl (C=O) groups is 2. The van der Waals surface area contributed by atoms with E-state index in [-0.39, 0.29) is 37.7 Å². The average Bonchev–Trinajstić information content (AvgIpc) is 3.67. The van der Waals surface area contributed by atoms with Gasteiger partial charge in [-0.15, -0.1) is 0 Å². The summed E-state index contributed by atoms with van der Waals surface area (Å²) in [7, 11) is 1.52. The SMILES string of the molecule is CCCC(=O)On1cc(C(=O)OCC)c(OCc2ccc(OCc3nc(-c4ccco4)oc3C)c(OC)c2)n1. The highest BCUT2D eigenvalue weighted by Crippen LogP contribution is 2.30. The lowest BCUT2D eigenvalue weighted by molar-refractivity contribution is -0.145. The smallest absolute Gasteiger partial charge is 0.345 e. The number of benzene rings is 1. The van der Waals surface area contributed by atoms with Crippen molar-refractivity contribution >= 4 is 11.9 Å². The van der Waals surface area contributed by atoms with Crippen molar-refractivity contribution in [3.63, 3.8) is 0 Å². The summed E-state index contributed by atoms with van der Waals surface area (Å²) >= 11 is 0. The van der Waals surface area contributed by atoms with Crippen molar-refractivity contribution in [3.05, 3.63) is 65.4 Å². The van der Waals surface area contributed by atoms with Crippen molar-refractivity contribution in [2.24, 2.45) is 0 Å². The summed E-state index contributed by atoms with van der Waals surface area (Å²) in [6.07, 6.45) is 3.62. The molecule has 4 aromatic rings. The van der Waals surface area contributed by atoms with Gasteiger partial charge in [-0.2, -0.15) is 0 Å². The number of methoxy groups -OCH3 is 1. The van der Waals surface area contributed by atoms with Gasteiger partial charge >= 0.3 is 11.9 Å². The van der Waals surface area contributed by atoms with Crippen LogP contribution in [0.1, 0.15) is 54.1 Å². The Balaban J connectivity index is 1.44. The van der Waals surface area contributed by atoms with E-state index >= 15 is 0 Å². The third kappa shape index (κ3) is 6.78. The summed E-state index contributed by atoms with van der Waals surface area (Å²) in [6, 6.07) is 8.77. The second-order valence-electron chi connectivity index (χ2n) is 8.25. The molecule has 12 heteroatoms. The molecule has 3 heterocycles. The Hall–Kier alpha value is -4.74. The average molecular weight is 540 g/mol. The molecule has 3 aromatic heterocycles. The lowest BCUT2D eigenvalue weighted by atomic mass is 10.2. The summed E-state index contributed by atoms with van der Waals surface area (Å²) in [4.78, 5) is 34.7. The van der Waals surface area contributed by atoms with E-state index < -0.39 is 11.9 Å². The summed E-state index contributed by atoms with van der Waals surface area (Å²) in [5, 5.41) is 4.07. The number of nitrogens with zero attached hydrogens (tertiary/aromatic N) is 3. The number of hydrogen-bond acceptors (Lipinski definition) is 11. The van der Waals surface area contributed by atoms with Gasteiger partial charge in [-0.05, 0) is 50.1 Å². The number of carbonyl (C=O) groups excluding carboxylic acids is 2. The number of hydrogen-bond donors (Lipinski definition) is 0. The molecule has 0 aliphatic carbocycles. The highest BCUT2D eigenvalue weighted by Gasteiger charge is 2.21. The molecule has 0 spiro atoms. The topological polar surface area (TPSA) is 137 Å². The van der Waals surface area contributed by atoms with E-state index in [0.717, 1.165) is 4.85 Å². The van der Waals surface area contributed by atoms with Gasteiger partial charge in [0.05, 0.1) is 26.2 Å². The van der Waals surface area contributed by atoms with Crippen molar-refractivity contribution in [2.45, 2.75) is 46.8 Å². The van der Waals surface area contributed by atoms with Crippen LogP contribution in [-0.2, 0) is 22.7 Å². The van der Waals surface area contributed by atoms with Gasteiger partial charge in [0.1, 0.15) is 30.2 Å². The normalized spacial score (nSPS) is 10.8. The van der Waals surface area contributed by atoms with E-state index in [9.17, 15) is 9.59 Å². The molecule has 0 atom stereocenters. The largest absolute Gasteiger partial charge is 0.493 e. The third-order valence-corrected chi connectivity index (χ3v) is 5.40. The number of esters is 1. The molecule has 39 heavy (non-hydrogen) atoms. The van der Waals surface area contributed by atoms with E-state index in [1.165, 1.54) is 13.3 Å². The molecular formula is C27H29N3O9. The number of aromatic nitrogens is 3. The van der Waals surface area contributed by atoms with Gasteiger partial charge < -0.3 is 32.6 Å². The zero-order chi connectivity index (χ0) is 27.8. The Morgan fingerprint density at radius 2 is 1.92 bits per heavy atom. The van der Waals surface area contributed by atoms with Crippen molar-refractivity contribution in [1.82, 2.24) is 14.9 Å². The summed E-state index contributed by atoms with van der Waals surface area (Å²) in [5.74, 6) is 1.30. The Bertz CT molecular complexity index is 1410. The number of aryl methyl sites for hydroxylation is 1. The third-order valence-electron chi connectivity index (χ3n) is 5.40. The predicted molar refractivity (Wildman–Crippen MR) is 135 cm³/mol. The Morgan fingerprint density at radius 1 is 1.08 bits per heavy atom. The monoisotopic (exact) mass is 539 g/mol. The van der Waals surface area contributed by atoms with Crippen LogP contribution < -0.4 is 19.0 Å². The lowest BCUT2D eigenvalue weighted by Crippen LogP contribution is -2.19. The van der Waals surface area contributed by atoms with Crippen molar-refractivity contribution in [2.75, 3.05) is 13.7 Å². The molecule has 4 rings (SSSR count). The van der Waals surface area contributed by atoms with E-state index in [1.54, 1.807) is 50.4 Å². The van der Waals surface area contributed by atoms with Crippen LogP contribution in [0.2, 0.25) is 0 Å². The Kier molecular flexibility index (Phi) is 8.87. The fourth-order valence-corrected chi connectivity index (χ4v) is 3.48. The summed E-state index contributed by atoms with van der Waals surface area (Å²) in [5.41, 5.74) is 1.37. The van der Waals surface area contributed by atoms with Crippen LogP contribution in [-0.4, -0.2) is 40.6 Å². The molecule has 0 saturated heterocycles. The molecule has 0 bridgehead atoms. The first-order chi connectivity index (χ1) is 18.9. The molecule has 0 aliphatic rings. The minimum atomic E-state index is -0.648. The maximum atomic E-state index is 12.4. The number of furan rings is 1. The maximum Gasteiger partial charge on any atom is 0.345 e. The standard InChI is InChI=1S/C27H29N3O9/c1-5-8-24(31)39-30-14-19(27(32)34-6-2)25(29-30)37-15-18-10-11-21(23(13-18)33-4)36-16-20-17(3)38-26(28-20)22-9-7-12-35-22/h7,9-14H,5-6,8,15-16H2,1-4H3. The van der Waals surface area contributed by atoms with E-state index in [1.807, 2.05) is 6.92 Å². The molecule has 0 aliphatic heterocycles. The first-order valence-corrected chi connectivity index (χ1v) is 12.3. The molecule has 0 N–H and O–H groups in total. The van der Waals surface area contributed by atoms with Gasteiger partial charge in [0, 0.05) is 6.42 Å². The molecule has 0 fully saturated rings. The highest BCUT2D eigenvalue weighted by molar-refractivity contribution is 5.91. The van der Waals surface area contributed by atoms with Crippen LogP contribution in [0, 0.1) is 6.92 Å². The van der Waals surface area contributed by atoms with Gasteiger partial charge in [-0.1, -0.05) is 22.9 Å². The van der Waals surface area contributed by atoms with Crippen LogP contribution in [0.3, 0.4) is 0 Å². The van der Waals surface area contributed by atoms with E-state index in [2.05, 4.69) is 10.1 Å². The molecule has 206 valence electrons. The molecule has 1 aromatic carbocycles. The second-order valence-corrected chi connectivity index (χ2v) is 8.25. The zero-order valence-electron chi connectivity index (χ0n) is 22.1. The zero-order valence-corrected chi connectivity index (χ0v) is 22.1. The number of ether oxygens (including phenoxy) is 4. The first-order valence-electron chi connectivity index (χ1n) is 12.3. The fourth-order valence-electron chi connectivity index (χ4n) is 3.48. The van der Waals surface area contributed by atoms with Gasteiger partial charge in [0.2, 0.25) is 0 Å². The molecule has 0 saturated carbocycles. The van der Waals surface area contributed by atoms with Gasteiger partial charge in [0.25, 0.3) is 11.8 Å². The van der Waals surface area contributed by atoms with Gasteiger partial charge in [-0.25, -0.2) is 14.6 Å². The maximum absolute atomic E-state index is 12.4. The minimum absolute atomic E-state index is 0.0324. The fraction of sp³-hybridized carbons (Fsp3) is 0.333. The van der Waals surface area contributed by atoms with Gasteiger partial charge in [0.15, 0.2) is 17.3 Å². The minimum Gasteiger partial charge on any atom is -0.493 e. The second kappa shape index (κ2) is 12.7. The number of rotatable bonds is 13. The molecule has 12 nitrogen and oxygen atoms in total. The van der Waals surface area contributed by atoms with Crippen LogP contribution in [0.5, 0.6) is 17.4 Å². The van der Waals surface area contributed by atoms with Crippen LogP contribution in [0.4, 0.5) is 0 Å². The predicted octanol–water partition coefficient (Wildman–Crippen LogP) is 4.54. The Morgan fingerprint density at radius 3 is 2.64 bits per heavy atom. The molecule has 0 unspecified atom stereocenters. The highest BCUT2D eigenvalue weighted by atomic mass is 16.7. The quantitative estimate of drug-likeness (QED) is 0.221. The van der Waals surface area contributed by atoms with Crippen molar-refractivity contribution in [1.29, 1.82) is 0 Å². The first kappa shape index (κ1) is 27.3. The van der Waals surface area contributed by atoms with Crippen LogP contribution in [0.25, 0.3) is 11.7 Å². The van der Waals surface area contributed by atoms with Crippen molar-refractivity contribution in [3.8, 4) is 29.0 Å². The summed E-state index contributed by atoms with van der Waals surface area (Å²) < 4.78 is 33.3.